The van der Waals surface area contributed by atoms with Crippen LogP contribution in [0.2, 0.25) is 0 Å². The number of amides is 1. The molecule has 3 rings (SSSR count). The van der Waals surface area contributed by atoms with E-state index in [-0.39, 0.29) is 22.5 Å². The second-order valence-corrected chi connectivity index (χ2v) is 9.76. The molecule has 1 saturated heterocycles. The van der Waals surface area contributed by atoms with Crippen molar-refractivity contribution in [1.82, 2.24) is 9.73 Å². The maximum Gasteiger partial charge on any atom is 0.243 e. The van der Waals surface area contributed by atoms with Crippen LogP contribution < -0.4 is 5.43 Å². The Morgan fingerprint density at radius 1 is 1.10 bits per heavy atom. The van der Waals surface area contributed by atoms with E-state index in [0.29, 0.717) is 32.4 Å². The van der Waals surface area contributed by atoms with Gasteiger partial charge >= 0.3 is 0 Å². The molecule has 0 saturated carbocycles. The molecule has 8 heteroatoms. The van der Waals surface area contributed by atoms with E-state index in [4.69, 9.17) is 0 Å². The summed E-state index contributed by atoms with van der Waals surface area (Å²) < 4.78 is 27.1. The molecule has 0 aliphatic carbocycles. The first kappa shape index (κ1) is 23.0. The fourth-order valence-electron chi connectivity index (χ4n) is 3.59. The van der Waals surface area contributed by atoms with Gasteiger partial charge in [-0.1, -0.05) is 31.0 Å². The fourth-order valence-corrected chi connectivity index (χ4v) is 5.06. The largest absolute Gasteiger partial charge is 0.508 e. The van der Waals surface area contributed by atoms with Crippen molar-refractivity contribution in [2.24, 2.45) is 11.0 Å². The highest BCUT2D eigenvalue weighted by Crippen LogP contribution is 2.24. The van der Waals surface area contributed by atoms with Gasteiger partial charge in [-0.15, -0.1) is 0 Å². The molecular formula is C23H29N3O4S. The third-order valence-electron chi connectivity index (χ3n) is 5.47. The molecule has 0 bridgehead atoms. The Bertz CT molecular complexity index is 1020. The number of hydrogen-bond acceptors (Lipinski definition) is 5. The van der Waals surface area contributed by atoms with E-state index < -0.39 is 10.0 Å². The van der Waals surface area contributed by atoms with Gasteiger partial charge in [0, 0.05) is 19.0 Å². The van der Waals surface area contributed by atoms with Gasteiger partial charge in [0.2, 0.25) is 15.9 Å². The fraction of sp³-hybridized carbons (Fsp3) is 0.391. The van der Waals surface area contributed by atoms with E-state index in [2.05, 4.69) is 10.5 Å². The van der Waals surface area contributed by atoms with Crippen LogP contribution in [0.5, 0.6) is 5.75 Å². The molecule has 2 aromatic carbocycles. The molecule has 31 heavy (non-hydrogen) atoms. The van der Waals surface area contributed by atoms with Crippen molar-refractivity contribution in [2.75, 3.05) is 13.1 Å². The van der Waals surface area contributed by atoms with Gasteiger partial charge in [0.15, 0.2) is 0 Å². The SMILES string of the molecule is CCC/C(=N/NC(=O)C1CCN(S(=O)(=O)c2ccc(C)cc2)CC1)c1ccc(O)cc1. The summed E-state index contributed by atoms with van der Waals surface area (Å²) in [7, 11) is -3.55. The number of carbonyl (C=O) groups is 1. The Morgan fingerprint density at radius 3 is 2.29 bits per heavy atom. The monoisotopic (exact) mass is 443 g/mol. The lowest BCUT2D eigenvalue weighted by atomic mass is 9.97. The number of aromatic hydroxyl groups is 1. The summed E-state index contributed by atoms with van der Waals surface area (Å²) in [5.74, 6) is -0.299. The molecule has 0 aromatic heterocycles. The van der Waals surface area contributed by atoms with Crippen molar-refractivity contribution in [1.29, 1.82) is 0 Å². The van der Waals surface area contributed by atoms with Gasteiger partial charge in [0.1, 0.15) is 5.75 Å². The number of piperidine rings is 1. The zero-order valence-electron chi connectivity index (χ0n) is 17.9. The summed E-state index contributed by atoms with van der Waals surface area (Å²) in [5, 5.41) is 13.8. The number of hydrazone groups is 1. The van der Waals surface area contributed by atoms with Crippen LogP contribution in [0.25, 0.3) is 0 Å². The summed E-state index contributed by atoms with van der Waals surface area (Å²) >= 11 is 0. The second kappa shape index (κ2) is 10.1. The maximum absolute atomic E-state index is 12.8. The van der Waals surface area contributed by atoms with Crippen molar-refractivity contribution in [3.63, 3.8) is 0 Å². The van der Waals surface area contributed by atoms with E-state index in [1.54, 1.807) is 48.5 Å². The van der Waals surface area contributed by atoms with Crippen molar-refractivity contribution < 1.29 is 18.3 Å². The summed E-state index contributed by atoms with van der Waals surface area (Å²) in [6.07, 6.45) is 2.46. The Hall–Kier alpha value is -2.71. The maximum atomic E-state index is 12.8. The Morgan fingerprint density at radius 2 is 1.71 bits per heavy atom. The van der Waals surface area contributed by atoms with Crippen LogP contribution in [0.3, 0.4) is 0 Å². The number of nitrogens with one attached hydrogen (secondary N) is 1. The molecule has 1 fully saturated rings. The number of aryl methyl sites for hydroxylation is 1. The molecule has 0 atom stereocenters. The van der Waals surface area contributed by atoms with Crippen LogP contribution in [0, 0.1) is 12.8 Å². The molecule has 0 radical (unpaired) electrons. The molecule has 0 spiro atoms. The van der Waals surface area contributed by atoms with Crippen molar-refractivity contribution >= 4 is 21.6 Å². The lowest BCUT2D eigenvalue weighted by Gasteiger charge is -2.30. The van der Waals surface area contributed by atoms with Crippen molar-refractivity contribution in [3.8, 4) is 5.75 Å². The van der Waals surface area contributed by atoms with Crippen LogP contribution in [0.15, 0.2) is 58.5 Å². The van der Waals surface area contributed by atoms with Gasteiger partial charge in [0.25, 0.3) is 0 Å². The smallest absolute Gasteiger partial charge is 0.243 e. The molecule has 1 heterocycles. The predicted molar refractivity (Wildman–Crippen MR) is 120 cm³/mol. The quantitative estimate of drug-likeness (QED) is 0.506. The minimum absolute atomic E-state index is 0.177. The van der Waals surface area contributed by atoms with Crippen LogP contribution in [-0.2, 0) is 14.8 Å². The highest BCUT2D eigenvalue weighted by Gasteiger charge is 2.32. The third kappa shape index (κ3) is 5.71. The van der Waals surface area contributed by atoms with Crippen LogP contribution in [0.1, 0.15) is 43.7 Å². The zero-order chi connectivity index (χ0) is 22.4. The summed E-state index contributed by atoms with van der Waals surface area (Å²) in [6, 6.07) is 13.5. The third-order valence-corrected chi connectivity index (χ3v) is 7.38. The molecule has 166 valence electrons. The standard InChI is InChI=1S/C23H29N3O4S/c1-3-4-22(18-7-9-20(27)10-8-18)24-25-23(28)19-13-15-26(16-14-19)31(29,30)21-11-5-17(2)6-12-21/h5-12,19,27H,3-4,13-16H2,1-2H3,(H,25,28)/b24-22-. The number of rotatable bonds is 7. The minimum atomic E-state index is -3.55. The van der Waals surface area contributed by atoms with E-state index in [1.165, 1.54) is 4.31 Å². The summed E-state index contributed by atoms with van der Waals surface area (Å²) in [4.78, 5) is 12.9. The molecule has 2 N–H and O–H groups in total. The van der Waals surface area contributed by atoms with Crippen molar-refractivity contribution in [2.45, 2.75) is 44.4 Å². The van der Waals surface area contributed by atoms with E-state index in [0.717, 1.165) is 23.3 Å². The second-order valence-electron chi connectivity index (χ2n) is 7.82. The van der Waals surface area contributed by atoms with E-state index in [9.17, 15) is 18.3 Å². The minimum Gasteiger partial charge on any atom is -0.508 e. The average Bonchev–Trinajstić information content (AvgIpc) is 2.77. The number of benzene rings is 2. The van der Waals surface area contributed by atoms with Gasteiger partial charge in [-0.05, 0) is 68.1 Å². The molecule has 2 aromatic rings. The molecule has 1 amide bonds. The van der Waals surface area contributed by atoms with Gasteiger partial charge in [-0.2, -0.15) is 9.41 Å². The van der Waals surface area contributed by atoms with Gasteiger partial charge < -0.3 is 5.11 Å². The molecule has 1 aliphatic rings. The zero-order valence-corrected chi connectivity index (χ0v) is 18.7. The summed E-state index contributed by atoms with van der Waals surface area (Å²) in [6.45, 7) is 4.55. The van der Waals surface area contributed by atoms with Crippen LogP contribution in [0.4, 0.5) is 0 Å². The lowest BCUT2D eigenvalue weighted by Crippen LogP contribution is -2.42. The Labute approximate surface area is 183 Å². The van der Waals surface area contributed by atoms with Crippen LogP contribution in [-0.4, -0.2) is 42.5 Å². The first-order valence-corrected chi connectivity index (χ1v) is 12.0. The molecular weight excluding hydrogens is 414 g/mol. The first-order valence-electron chi connectivity index (χ1n) is 10.5. The summed E-state index contributed by atoms with van der Waals surface area (Å²) in [5.41, 5.74) is 5.26. The number of phenolic OH excluding ortho intramolecular Hbond substituents is 1. The molecule has 0 unspecified atom stereocenters. The van der Waals surface area contributed by atoms with Crippen LogP contribution >= 0.6 is 0 Å². The van der Waals surface area contributed by atoms with E-state index in [1.807, 2.05) is 13.8 Å². The predicted octanol–water partition coefficient (Wildman–Crippen LogP) is 3.42. The highest BCUT2D eigenvalue weighted by molar-refractivity contribution is 7.89. The first-order chi connectivity index (χ1) is 14.8. The Balaban J connectivity index is 1.61. The van der Waals surface area contributed by atoms with Crippen molar-refractivity contribution in [3.05, 3.63) is 59.7 Å². The van der Waals surface area contributed by atoms with Gasteiger partial charge in [-0.3, -0.25) is 4.79 Å². The molecule has 1 aliphatic heterocycles. The topological polar surface area (TPSA) is 99.1 Å². The number of phenols is 1. The number of nitrogens with zero attached hydrogens (tertiary/aromatic N) is 2. The number of hydrogen-bond donors (Lipinski definition) is 2. The Kier molecular flexibility index (Phi) is 7.46. The van der Waals surface area contributed by atoms with Gasteiger partial charge in [-0.25, -0.2) is 13.8 Å². The highest BCUT2D eigenvalue weighted by atomic mass is 32.2. The number of carbonyl (C=O) groups excluding carboxylic acids is 1. The van der Waals surface area contributed by atoms with Gasteiger partial charge in [0.05, 0.1) is 10.6 Å². The normalized spacial score (nSPS) is 16.3. The van der Waals surface area contributed by atoms with E-state index >= 15 is 0 Å². The number of sulfonamides is 1. The lowest BCUT2D eigenvalue weighted by molar-refractivity contribution is -0.126. The average molecular weight is 444 g/mol. The molecule has 7 nitrogen and oxygen atoms in total.